The number of sulfone groups is 1. The first-order valence-corrected chi connectivity index (χ1v) is 12.2. The molecule has 2 amide bonds. The number of benzene rings is 3. The molecule has 0 radical (unpaired) electrons. The van der Waals surface area contributed by atoms with Crippen LogP contribution in [0.2, 0.25) is 5.02 Å². The van der Waals surface area contributed by atoms with Gasteiger partial charge in [0.15, 0.2) is 9.84 Å². The van der Waals surface area contributed by atoms with E-state index in [1.807, 2.05) is 0 Å². The van der Waals surface area contributed by atoms with Crippen molar-refractivity contribution >= 4 is 44.6 Å². The number of fused-ring (bicyclic) bond motifs is 2. The molecule has 3 aromatic rings. The van der Waals surface area contributed by atoms with Crippen molar-refractivity contribution in [2.45, 2.75) is 18.3 Å². The SMILES string of the molecule is Cc1ccc(N2C(=O)CS(=O)(=O)[C@@]23C(=O)N(Cc2cccc(F)c2)c2ccccc23)cc1Cl. The highest BCUT2D eigenvalue weighted by Gasteiger charge is 2.69. The van der Waals surface area contributed by atoms with E-state index in [4.69, 9.17) is 11.6 Å². The van der Waals surface area contributed by atoms with E-state index in [-0.39, 0.29) is 17.8 Å². The van der Waals surface area contributed by atoms with Crippen LogP contribution in [-0.2, 0) is 30.8 Å². The Morgan fingerprint density at radius 3 is 2.52 bits per heavy atom. The lowest BCUT2D eigenvalue weighted by molar-refractivity contribution is -0.123. The number of anilines is 2. The molecule has 2 aliphatic rings. The Morgan fingerprint density at radius 2 is 1.79 bits per heavy atom. The van der Waals surface area contributed by atoms with Crippen molar-refractivity contribution in [3.63, 3.8) is 0 Å². The van der Waals surface area contributed by atoms with Gasteiger partial charge < -0.3 is 4.90 Å². The second-order valence-corrected chi connectivity index (χ2v) is 10.6. The van der Waals surface area contributed by atoms with Gasteiger partial charge in [-0.05, 0) is 48.4 Å². The lowest BCUT2D eigenvalue weighted by atomic mass is 10.0. The van der Waals surface area contributed by atoms with Gasteiger partial charge in [-0.15, -0.1) is 0 Å². The highest BCUT2D eigenvalue weighted by Crippen LogP contribution is 2.53. The van der Waals surface area contributed by atoms with Crippen molar-refractivity contribution in [1.82, 2.24) is 0 Å². The van der Waals surface area contributed by atoms with Gasteiger partial charge in [-0.1, -0.05) is 48.0 Å². The molecule has 168 valence electrons. The summed E-state index contributed by atoms with van der Waals surface area (Å²) in [6.07, 6.45) is 0. The van der Waals surface area contributed by atoms with E-state index >= 15 is 0 Å². The van der Waals surface area contributed by atoms with E-state index in [2.05, 4.69) is 0 Å². The maximum Gasteiger partial charge on any atom is 0.274 e. The van der Waals surface area contributed by atoms with Gasteiger partial charge >= 0.3 is 0 Å². The maximum absolute atomic E-state index is 14.0. The molecule has 0 N–H and O–H groups in total. The van der Waals surface area contributed by atoms with Crippen molar-refractivity contribution in [3.8, 4) is 0 Å². The number of halogens is 2. The van der Waals surface area contributed by atoms with Crippen molar-refractivity contribution in [3.05, 3.63) is 94.3 Å². The number of carbonyl (C=O) groups excluding carboxylic acids is 2. The fourth-order valence-corrected chi connectivity index (χ4v) is 6.79. The van der Waals surface area contributed by atoms with Crippen LogP contribution in [0.5, 0.6) is 0 Å². The molecule has 0 unspecified atom stereocenters. The van der Waals surface area contributed by atoms with Gasteiger partial charge in [-0.25, -0.2) is 12.8 Å². The van der Waals surface area contributed by atoms with Crippen LogP contribution in [0.15, 0.2) is 66.7 Å². The molecule has 1 saturated heterocycles. The van der Waals surface area contributed by atoms with E-state index in [0.29, 0.717) is 16.3 Å². The van der Waals surface area contributed by atoms with Gasteiger partial charge in [0.05, 0.1) is 12.2 Å². The smallest absolute Gasteiger partial charge is 0.274 e. The summed E-state index contributed by atoms with van der Waals surface area (Å²) in [5.74, 6) is -2.78. The standard InChI is InChI=1S/C24H18ClFN2O4S/c1-15-9-10-18(12-20(15)25)28-22(29)14-33(31,32)24(28)19-7-2-3-8-21(19)27(23(24)30)13-16-5-4-6-17(26)11-16/h2-12H,13-14H2,1H3/t24-/m0/s1. The second kappa shape index (κ2) is 7.40. The summed E-state index contributed by atoms with van der Waals surface area (Å²) < 4.78 is 40.9. The van der Waals surface area contributed by atoms with Gasteiger partial charge in [-0.3, -0.25) is 14.5 Å². The first kappa shape index (κ1) is 21.6. The summed E-state index contributed by atoms with van der Waals surface area (Å²) in [5.41, 5.74) is 1.99. The molecule has 33 heavy (non-hydrogen) atoms. The van der Waals surface area contributed by atoms with Crippen LogP contribution in [0.3, 0.4) is 0 Å². The minimum absolute atomic E-state index is 0.0540. The van der Waals surface area contributed by atoms with Gasteiger partial charge in [0, 0.05) is 16.3 Å². The number of aryl methyl sites for hydroxylation is 1. The van der Waals surface area contributed by atoms with E-state index < -0.39 is 38.1 Å². The number of nitrogens with zero attached hydrogens (tertiary/aromatic N) is 2. The molecule has 0 aromatic heterocycles. The Labute approximate surface area is 195 Å². The van der Waals surface area contributed by atoms with Crippen LogP contribution < -0.4 is 9.80 Å². The number of para-hydroxylation sites is 1. The Balaban J connectivity index is 1.74. The minimum Gasteiger partial charge on any atom is -0.304 e. The molecule has 5 rings (SSSR count). The molecule has 3 aromatic carbocycles. The Bertz CT molecular complexity index is 1440. The van der Waals surface area contributed by atoms with Gasteiger partial charge in [0.1, 0.15) is 11.6 Å². The number of hydrogen-bond acceptors (Lipinski definition) is 4. The van der Waals surface area contributed by atoms with Gasteiger partial charge in [0.25, 0.3) is 10.8 Å². The highest BCUT2D eigenvalue weighted by atomic mass is 35.5. The minimum atomic E-state index is -4.28. The summed E-state index contributed by atoms with van der Waals surface area (Å²) in [4.78, 5) is 27.2. The zero-order valence-electron chi connectivity index (χ0n) is 17.5. The summed E-state index contributed by atoms with van der Waals surface area (Å²) in [6, 6.07) is 16.9. The van der Waals surface area contributed by atoms with Crippen LogP contribution in [0.25, 0.3) is 0 Å². The summed E-state index contributed by atoms with van der Waals surface area (Å²) in [6.45, 7) is 1.72. The summed E-state index contributed by atoms with van der Waals surface area (Å²) in [7, 11) is -4.28. The summed E-state index contributed by atoms with van der Waals surface area (Å²) in [5, 5.41) is 0.343. The van der Waals surface area contributed by atoms with Crippen LogP contribution in [0.4, 0.5) is 15.8 Å². The molecular weight excluding hydrogens is 467 g/mol. The van der Waals surface area contributed by atoms with E-state index in [0.717, 1.165) is 10.5 Å². The molecule has 0 saturated carbocycles. The Kier molecular flexibility index (Phi) is 4.84. The molecule has 2 aliphatic heterocycles. The fraction of sp³-hybridized carbons (Fsp3) is 0.167. The molecule has 9 heteroatoms. The van der Waals surface area contributed by atoms with Crippen LogP contribution in [0, 0.1) is 12.7 Å². The van der Waals surface area contributed by atoms with Crippen LogP contribution >= 0.6 is 11.6 Å². The Hall–Kier alpha value is -3.23. The number of rotatable bonds is 3. The second-order valence-electron chi connectivity index (χ2n) is 8.10. The van der Waals surface area contributed by atoms with Crippen molar-refractivity contribution in [2.75, 3.05) is 15.6 Å². The van der Waals surface area contributed by atoms with E-state index in [1.54, 1.807) is 43.3 Å². The quantitative estimate of drug-likeness (QED) is 0.564. The average Bonchev–Trinajstić information content (AvgIpc) is 3.13. The Morgan fingerprint density at radius 1 is 1.03 bits per heavy atom. The van der Waals surface area contributed by atoms with Gasteiger partial charge in [-0.2, -0.15) is 0 Å². The molecule has 0 bridgehead atoms. The fourth-order valence-electron chi connectivity index (χ4n) is 4.59. The molecule has 6 nitrogen and oxygen atoms in total. The zero-order chi connectivity index (χ0) is 23.5. The van der Waals surface area contributed by atoms with Crippen molar-refractivity contribution in [1.29, 1.82) is 0 Å². The van der Waals surface area contributed by atoms with Crippen molar-refractivity contribution in [2.24, 2.45) is 0 Å². The predicted molar refractivity (Wildman–Crippen MR) is 123 cm³/mol. The van der Waals surface area contributed by atoms with Crippen LogP contribution in [0.1, 0.15) is 16.7 Å². The average molecular weight is 485 g/mol. The van der Waals surface area contributed by atoms with Crippen molar-refractivity contribution < 1.29 is 22.4 Å². The predicted octanol–water partition coefficient (Wildman–Crippen LogP) is 3.95. The largest absolute Gasteiger partial charge is 0.304 e. The van der Waals surface area contributed by atoms with E-state index in [9.17, 15) is 22.4 Å². The molecule has 1 atom stereocenters. The van der Waals surface area contributed by atoms with Crippen LogP contribution in [-0.4, -0.2) is 26.0 Å². The monoisotopic (exact) mass is 484 g/mol. The molecule has 0 aliphatic carbocycles. The summed E-state index contributed by atoms with van der Waals surface area (Å²) >= 11 is 6.28. The maximum atomic E-state index is 14.0. The number of amides is 2. The number of hydrogen-bond donors (Lipinski definition) is 0. The third kappa shape index (κ3) is 3.01. The molecular formula is C24H18ClFN2O4S. The third-order valence-electron chi connectivity index (χ3n) is 6.07. The zero-order valence-corrected chi connectivity index (χ0v) is 19.0. The normalized spacial score (nSPS) is 21.2. The van der Waals surface area contributed by atoms with E-state index in [1.165, 1.54) is 35.2 Å². The third-order valence-corrected chi connectivity index (χ3v) is 8.58. The topological polar surface area (TPSA) is 74.8 Å². The molecule has 2 heterocycles. The first-order chi connectivity index (χ1) is 15.7. The van der Waals surface area contributed by atoms with Gasteiger partial charge in [0.2, 0.25) is 5.91 Å². The number of carbonyl (C=O) groups is 2. The molecule has 1 spiro atoms. The lowest BCUT2D eigenvalue weighted by Gasteiger charge is -2.32. The first-order valence-electron chi connectivity index (χ1n) is 10.1. The lowest BCUT2D eigenvalue weighted by Crippen LogP contribution is -2.54. The molecule has 1 fully saturated rings. The highest BCUT2D eigenvalue weighted by molar-refractivity contribution is 7.94.